The van der Waals surface area contributed by atoms with Gasteiger partial charge in [0.1, 0.15) is 6.61 Å². The Balaban J connectivity index is 1.92. The zero-order valence-electron chi connectivity index (χ0n) is 10.8. The van der Waals surface area contributed by atoms with E-state index >= 15 is 0 Å². The molecule has 1 aromatic carbocycles. The predicted octanol–water partition coefficient (Wildman–Crippen LogP) is 1.98. The van der Waals surface area contributed by atoms with Crippen LogP contribution < -0.4 is 5.32 Å². The molecule has 0 aromatic heterocycles. The van der Waals surface area contributed by atoms with Crippen LogP contribution in [0.15, 0.2) is 24.3 Å². The maximum atomic E-state index is 11.8. The molecule has 1 fully saturated rings. The monoisotopic (exact) mass is 263 g/mol. The van der Waals surface area contributed by atoms with E-state index < -0.39 is 5.97 Å². The maximum absolute atomic E-state index is 11.8. The number of esters is 1. The second-order valence-corrected chi connectivity index (χ2v) is 4.50. The molecule has 2 rings (SSSR count). The largest absolute Gasteiger partial charge is 0.459 e. The Morgan fingerprint density at radius 2 is 2.32 bits per heavy atom. The molecular formula is C14H17NO4. The molecule has 1 aliphatic heterocycles. The topological polar surface area (TPSA) is 64.6 Å². The summed E-state index contributed by atoms with van der Waals surface area (Å²) in [6.45, 7) is 2.44. The van der Waals surface area contributed by atoms with Crippen molar-refractivity contribution in [3.63, 3.8) is 0 Å². The molecule has 1 unspecified atom stereocenters. The molecule has 1 aliphatic rings. The summed E-state index contributed by atoms with van der Waals surface area (Å²) in [5.41, 5.74) is 1.00. The summed E-state index contributed by atoms with van der Waals surface area (Å²) in [6.07, 6.45) is 1.96. The fourth-order valence-corrected chi connectivity index (χ4v) is 1.95. The minimum atomic E-state index is -0.400. The third-order valence-electron chi connectivity index (χ3n) is 2.84. The first-order valence-electron chi connectivity index (χ1n) is 6.31. The summed E-state index contributed by atoms with van der Waals surface area (Å²) in [5, 5.41) is 2.63. The van der Waals surface area contributed by atoms with E-state index in [1.54, 1.807) is 24.3 Å². The van der Waals surface area contributed by atoms with Crippen LogP contribution in [0, 0.1) is 0 Å². The van der Waals surface area contributed by atoms with Gasteiger partial charge >= 0.3 is 5.97 Å². The minimum Gasteiger partial charge on any atom is -0.459 e. The van der Waals surface area contributed by atoms with Crippen LogP contribution in [0.5, 0.6) is 0 Å². The van der Waals surface area contributed by atoms with Gasteiger partial charge in [0.15, 0.2) is 0 Å². The second kappa shape index (κ2) is 6.33. The van der Waals surface area contributed by atoms with Gasteiger partial charge in [-0.05, 0) is 31.0 Å². The average Bonchev–Trinajstić information content (AvgIpc) is 2.88. The molecule has 0 aliphatic carbocycles. The van der Waals surface area contributed by atoms with Crippen molar-refractivity contribution in [2.75, 3.05) is 18.5 Å². The van der Waals surface area contributed by atoms with Crippen LogP contribution in [0.2, 0.25) is 0 Å². The van der Waals surface area contributed by atoms with Crippen LogP contribution in [0.4, 0.5) is 5.69 Å². The molecule has 5 nitrogen and oxygen atoms in total. The number of hydrogen-bond donors (Lipinski definition) is 1. The van der Waals surface area contributed by atoms with Crippen molar-refractivity contribution in [3.05, 3.63) is 29.8 Å². The van der Waals surface area contributed by atoms with E-state index in [4.69, 9.17) is 9.47 Å². The highest BCUT2D eigenvalue weighted by molar-refractivity contribution is 5.93. The zero-order chi connectivity index (χ0) is 13.7. The fourth-order valence-electron chi connectivity index (χ4n) is 1.95. The number of amides is 1. The van der Waals surface area contributed by atoms with Crippen LogP contribution in [-0.4, -0.2) is 31.2 Å². The number of anilines is 1. The zero-order valence-corrected chi connectivity index (χ0v) is 10.8. The molecule has 0 radical (unpaired) electrons. The van der Waals surface area contributed by atoms with Crippen molar-refractivity contribution in [1.29, 1.82) is 0 Å². The Kier molecular flexibility index (Phi) is 4.52. The van der Waals surface area contributed by atoms with Crippen LogP contribution in [0.25, 0.3) is 0 Å². The Morgan fingerprint density at radius 1 is 1.47 bits per heavy atom. The van der Waals surface area contributed by atoms with Gasteiger partial charge in [-0.25, -0.2) is 4.79 Å². The quantitative estimate of drug-likeness (QED) is 0.844. The summed E-state index contributed by atoms with van der Waals surface area (Å²) >= 11 is 0. The van der Waals surface area contributed by atoms with Crippen molar-refractivity contribution >= 4 is 17.6 Å². The van der Waals surface area contributed by atoms with Crippen molar-refractivity contribution in [2.24, 2.45) is 0 Å². The van der Waals surface area contributed by atoms with Crippen LogP contribution in [0.1, 0.15) is 30.1 Å². The Bertz CT molecular complexity index is 466. The summed E-state index contributed by atoms with van der Waals surface area (Å²) in [7, 11) is 0. The highest BCUT2D eigenvalue weighted by atomic mass is 16.6. The molecule has 1 saturated heterocycles. The van der Waals surface area contributed by atoms with Gasteiger partial charge in [0.2, 0.25) is 5.91 Å². The first-order valence-corrected chi connectivity index (χ1v) is 6.31. The van der Waals surface area contributed by atoms with Gasteiger partial charge < -0.3 is 14.8 Å². The molecular weight excluding hydrogens is 246 g/mol. The molecule has 5 heteroatoms. The lowest BCUT2D eigenvalue weighted by atomic mass is 10.2. The SMILES string of the molecule is CC(=O)Nc1cccc(C(=O)OCC2CCCO2)c1. The van der Waals surface area contributed by atoms with Crippen molar-refractivity contribution in [1.82, 2.24) is 0 Å². The van der Waals surface area contributed by atoms with Crippen LogP contribution >= 0.6 is 0 Å². The minimum absolute atomic E-state index is 0.0162. The Hall–Kier alpha value is -1.88. The van der Waals surface area contributed by atoms with Crippen molar-refractivity contribution < 1.29 is 19.1 Å². The number of hydrogen-bond acceptors (Lipinski definition) is 4. The van der Waals surface area contributed by atoms with Crippen LogP contribution in [0.3, 0.4) is 0 Å². The number of ether oxygens (including phenoxy) is 2. The first-order chi connectivity index (χ1) is 9.15. The second-order valence-electron chi connectivity index (χ2n) is 4.50. The third-order valence-corrected chi connectivity index (χ3v) is 2.84. The van der Waals surface area contributed by atoms with Gasteiger partial charge in [0.05, 0.1) is 11.7 Å². The van der Waals surface area contributed by atoms with E-state index in [1.165, 1.54) is 6.92 Å². The van der Waals surface area contributed by atoms with Gasteiger partial charge in [0.25, 0.3) is 0 Å². The average molecular weight is 263 g/mol. The number of carbonyl (C=O) groups is 2. The van der Waals surface area contributed by atoms with Crippen molar-refractivity contribution in [2.45, 2.75) is 25.9 Å². The summed E-state index contributed by atoms with van der Waals surface area (Å²) in [6, 6.07) is 6.68. The summed E-state index contributed by atoms with van der Waals surface area (Å²) in [5.74, 6) is -0.576. The lowest BCUT2D eigenvalue weighted by Gasteiger charge is -2.10. The summed E-state index contributed by atoms with van der Waals surface area (Å²) in [4.78, 5) is 22.8. The summed E-state index contributed by atoms with van der Waals surface area (Å²) < 4.78 is 10.6. The van der Waals surface area contributed by atoms with Gasteiger partial charge in [-0.2, -0.15) is 0 Å². The predicted molar refractivity (Wildman–Crippen MR) is 70.0 cm³/mol. The molecule has 0 spiro atoms. The molecule has 1 amide bonds. The van der Waals surface area contributed by atoms with E-state index in [0.29, 0.717) is 11.3 Å². The van der Waals surface area contributed by atoms with E-state index in [9.17, 15) is 9.59 Å². The smallest absolute Gasteiger partial charge is 0.338 e. The highest BCUT2D eigenvalue weighted by Gasteiger charge is 2.18. The molecule has 0 bridgehead atoms. The van der Waals surface area contributed by atoms with E-state index in [-0.39, 0.29) is 18.6 Å². The molecule has 1 atom stereocenters. The number of nitrogens with one attached hydrogen (secondary N) is 1. The van der Waals surface area contributed by atoms with Gasteiger partial charge in [-0.15, -0.1) is 0 Å². The lowest BCUT2D eigenvalue weighted by Crippen LogP contribution is -2.18. The van der Waals surface area contributed by atoms with Gasteiger partial charge in [-0.1, -0.05) is 6.07 Å². The molecule has 19 heavy (non-hydrogen) atoms. The highest BCUT2D eigenvalue weighted by Crippen LogP contribution is 2.15. The number of benzene rings is 1. The molecule has 1 heterocycles. The van der Waals surface area contributed by atoms with E-state index in [2.05, 4.69) is 5.32 Å². The van der Waals surface area contributed by atoms with Gasteiger partial charge in [-0.3, -0.25) is 4.79 Å². The van der Waals surface area contributed by atoms with Crippen molar-refractivity contribution in [3.8, 4) is 0 Å². The fraction of sp³-hybridized carbons (Fsp3) is 0.429. The Labute approximate surface area is 111 Å². The molecule has 0 saturated carbocycles. The first kappa shape index (κ1) is 13.5. The van der Waals surface area contributed by atoms with Gasteiger partial charge in [0, 0.05) is 19.2 Å². The number of rotatable bonds is 4. The normalized spacial score (nSPS) is 18.1. The lowest BCUT2D eigenvalue weighted by molar-refractivity contribution is -0.114. The number of carbonyl (C=O) groups excluding carboxylic acids is 2. The van der Waals surface area contributed by atoms with E-state index in [0.717, 1.165) is 19.4 Å². The molecule has 102 valence electrons. The molecule has 1 N–H and O–H groups in total. The third kappa shape index (κ3) is 4.06. The Morgan fingerprint density at radius 3 is 3.00 bits per heavy atom. The maximum Gasteiger partial charge on any atom is 0.338 e. The molecule has 1 aromatic rings. The standard InChI is InChI=1S/C14H17NO4/c1-10(16)15-12-5-2-4-11(8-12)14(17)19-9-13-6-3-7-18-13/h2,4-5,8,13H,3,6-7,9H2,1H3,(H,15,16). The van der Waals surface area contributed by atoms with Crippen LogP contribution in [-0.2, 0) is 14.3 Å². The van der Waals surface area contributed by atoms with E-state index in [1.807, 2.05) is 0 Å².